The molecule has 0 aliphatic carbocycles. The first-order valence-corrected chi connectivity index (χ1v) is 4.03. The number of hydrogen-bond acceptors (Lipinski definition) is 2. The van der Waals surface area contributed by atoms with Crippen molar-refractivity contribution in [1.29, 1.82) is 0 Å². The van der Waals surface area contributed by atoms with Crippen LogP contribution < -0.4 is 4.74 Å². The van der Waals surface area contributed by atoms with Gasteiger partial charge in [0.1, 0.15) is 5.75 Å². The Hall–Kier alpha value is -0.830. The molecule has 1 heterocycles. The zero-order valence-electron chi connectivity index (χ0n) is 5.63. The summed E-state index contributed by atoms with van der Waals surface area (Å²) >= 11 is 3.29. The summed E-state index contributed by atoms with van der Waals surface area (Å²) in [7, 11) is 0. The highest BCUT2D eigenvalue weighted by atomic mass is 79.9. The van der Waals surface area contributed by atoms with Crippen LogP contribution in [0.3, 0.4) is 0 Å². The van der Waals surface area contributed by atoms with Gasteiger partial charge >= 0.3 is 0 Å². The molecule has 1 aliphatic rings. The van der Waals surface area contributed by atoms with Crippen molar-refractivity contribution in [3.8, 4) is 5.75 Å². The van der Waals surface area contributed by atoms with Crippen molar-refractivity contribution in [3.63, 3.8) is 0 Å². The van der Waals surface area contributed by atoms with Crippen LogP contribution in [0.2, 0.25) is 0 Å². The number of carbonyl (C=O) groups excluding carboxylic acids is 1. The number of rotatable bonds is 0. The average Bonchev–Trinajstić information content (AvgIpc) is 2.34. The van der Waals surface area contributed by atoms with E-state index in [9.17, 15) is 4.79 Å². The van der Waals surface area contributed by atoms with Crippen LogP contribution in [0, 0.1) is 0 Å². The predicted molar refractivity (Wildman–Crippen MR) is 44.0 cm³/mol. The fourth-order valence-corrected chi connectivity index (χ4v) is 1.68. The number of Topliss-reactive ketones (excluding diaryl/α,β-unsaturated/α-hetero) is 1. The molecular formula is C8H5BrO2. The minimum Gasteiger partial charge on any atom is -0.485 e. The topological polar surface area (TPSA) is 26.3 Å². The SMILES string of the molecule is O=C1COc2cccc(Br)c21. The predicted octanol–water partition coefficient (Wildman–Crippen LogP) is 2.02. The summed E-state index contributed by atoms with van der Waals surface area (Å²) in [5.41, 5.74) is 0.674. The van der Waals surface area contributed by atoms with E-state index in [4.69, 9.17) is 4.74 Å². The molecular weight excluding hydrogens is 208 g/mol. The fourth-order valence-electron chi connectivity index (χ4n) is 1.11. The van der Waals surface area contributed by atoms with Crippen LogP contribution in [0.15, 0.2) is 22.7 Å². The van der Waals surface area contributed by atoms with E-state index in [1.807, 2.05) is 12.1 Å². The fraction of sp³-hybridized carbons (Fsp3) is 0.125. The van der Waals surface area contributed by atoms with Gasteiger partial charge in [-0.05, 0) is 28.1 Å². The maximum absolute atomic E-state index is 11.1. The third-order valence-electron chi connectivity index (χ3n) is 1.61. The van der Waals surface area contributed by atoms with Crippen molar-refractivity contribution in [2.45, 2.75) is 0 Å². The molecule has 0 unspecified atom stereocenters. The minimum atomic E-state index is 0.0486. The smallest absolute Gasteiger partial charge is 0.205 e. The van der Waals surface area contributed by atoms with Gasteiger partial charge in [-0.2, -0.15) is 0 Å². The Morgan fingerprint density at radius 2 is 2.27 bits per heavy atom. The number of halogens is 1. The Labute approximate surface area is 72.3 Å². The lowest BCUT2D eigenvalue weighted by atomic mass is 10.1. The Balaban J connectivity index is 2.68. The Morgan fingerprint density at radius 3 is 3.00 bits per heavy atom. The standard InChI is InChI=1S/C8H5BrO2/c9-5-2-1-3-7-8(5)6(10)4-11-7/h1-3H,4H2. The molecule has 0 aromatic heterocycles. The van der Waals surface area contributed by atoms with Gasteiger partial charge in [-0.1, -0.05) is 6.07 Å². The molecule has 2 nitrogen and oxygen atoms in total. The van der Waals surface area contributed by atoms with Gasteiger partial charge in [-0.3, -0.25) is 4.79 Å². The molecule has 1 aromatic rings. The first kappa shape index (κ1) is 6.85. The molecule has 0 saturated carbocycles. The van der Waals surface area contributed by atoms with Gasteiger partial charge in [-0.25, -0.2) is 0 Å². The molecule has 0 N–H and O–H groups in total. The second kappa shape index (κ2) is 2.34. The van der Waals surface area contributed by atoms with Gasteiger partial charge in [0.25, 0.3) is 0 Å². The lowest BCUT2D eigenvalue weighted by Crippen LogP contribution is -1.99. The number of ether oxygens (including phenoxy) is 1. The monoisotopic (exact) mass is 212 g/mol. The molecule has 0 fully saturated rings. The summed E-state index contributed by atoms with van der Waals surface area (Å²) < 4.78 is 5.93. The molecule has 11 heavy (non-hydrogen) atoms. The van der Waals surface area contributed by atoms with Crippen molar-refractivity contribution in [1.82, 2.24) is 0 Å². The summed E-state index contributed by atoms with van der Waals surface area (Å²) in [5.74, 6) is 0.733. The molecule has 0 saturated heterocycles. The van der Waals surface area contributed by atoms with Gasteiger partial charge in [0.15, 0.2) is 6.61 Å². The third-order valence-corrected chi connectivity index (χ3v) is 2.27. The van der Waals surface area contributed by atoms with E-state index in [0.717, 1.165) is 4.47 Å². The Morgan fingerprint density at radius 1 is 1.45 bits per heavy atom. The Bertz CT molecular complexity index is 320. The van der Waals surface area contributed by atoms with Crippen molar-refractivity contribution >= 4 is 21.7 Å². The molecule has 0 bridgehead atoms. The summed E-state index contributed by atoms with van der Waals surface area (Å²) in [4.78, 5) is 11.1. The lowest BCUT2D eigenvalue weighted by Gasteiger charge is -1.96. The van der Waals surface area contributed by atoms with Crippen LogP contribution >= 0.6 is 15.9 Å². The minimum absolute atomic E-state index is 0.0486. The Kier molecular flexibility index (Phi) is 1.46. The van der Waals surface area contributed by atoms with E-state index in [1.54, 1.807) is 6.07 Å². The van der Waals surface area contributed by atoms with E-state index in [-0.39, 0.29) is 12.4 Å². The van der Waals surface area contributed by atoms with Crippen LogP contribution in [0.1, 0.15) is 10.4 Å². The molecule has 1 aliphatic heterocycles. The third kappa shape index (κ3) is 0.959. The zero-order valence-corrected chi connectivity index (χ0v) is 7.22. The van der Waals surface area contributed by atoms with Gasteiger partial charge < -0.3 is 4.74 Å². The highest BCUT2D eigenvalue weighted by molar-refractivity contribution is 9.10. The van der Waals surface area contributed by atoms with Gasteiger partial charge in [0.2, 0.25) is 5.78 Å². The quantitative estimate of drug-likeness (QED) is 0.658. The van der Waals surface area contributed by atoms with E-state index in [2.05, 4.69) is 15.9 Å². The first-order chi connectivity index (χ1) is 5.29. The van der Waals surface area contributed by atoms with Crippen LogP contribution in [0.4, 0.5) is 0 Å². The molecule has 3 heteroatoms. The van der Waals surface area contributed by atoms with Crippen LogP contribution in [-0.2, 0) is 0 Å². The van der Waals surface area contributed by atoms with Crippen molar-refractivity contribution < 1.29 is 9.53 Å². The second-order valence-electron chi connectivity index (χ2n) is 2.32. The van der Waals surface area contributed by atoms with Crippen molar-refractivity contribution in [3.05, 3.63) is 28.2 Å². The summed E-state index contributed by atoms with van der Waals surface area (Å²) in [6.45, 7) is 0.179. The first-order valence-electron chi connectivity index (χ1n) is 3.23. The number of hydrogen-bond donors (Lipinski definition) is 0. The summed E-state index contributed by atoms with van der Waals surface area (Å²) in [5, 5.41) is 0. The maximum atomic E-state index is 11.1. The molecule has 1 aromatic carbocycles. The zero-order chi connectivity index (χ0) is 7.84. The molecule has 0 amide bonds. The van der Waals surface area contributed by atoms with Crippen LogP contribution in [-0.4, -0.2) is 12.4 Å². The average molecular weight is 213 g/mol. The van der Waals surface area contributed by atoms with Crippen molar-refractivity contribution in [2.75, 3.05) is 6.61 Å². The highest BCUT2D eigenvalue weighted by Gasteiger charge is 2.22. The second-order valence-corrected chi connectivity index (χ2v) is 3.18. The molecule has 0 spiro atoms. The van der Waals surface area contributed by atoms with E-state index >= 15 is 0 Å². The van der Waals surface area contributed by atoms with Crippen LogP contribution in [0.25, 0.3) is 0 Å². The van der Waals surface area contributed by atoms with E-state index in [1.165, 1.54) is 0 Å². The molecule has 0 atom stereocenters. The van der Waals surface area contributed by atoms with Gasteiger partial charge in [-0.15, -0.1) is 0 Å². The molecule has 2 rings (SSSR count). The van der Waals surface area contributed by atoms with E-state index in [0.29, 0.717) is 11.3 Å². The maximum Gasteiger partial charge on any atom is 0.205 e. The summed E-state index contributed by atoms with van der Waals surface area (Å²) in [6.07, 6.45) is 0. The van der Waals surface area contributed by atoms with Gasteiger partial charge in [0.05, 0.1) is 5.56 Å². The lowest BCUT2D eigenvalue weighted by molar-refractivity contribution is 0.0960. The van der Waals surface area contributed by atoms with Gasteiger partial charge in [0, 0.05) is 4.47 Å². The van der Waals surface area contributed by atoms with Crippen LogP contribution in [0.5, 0.6) is 5.75 Å². The van der Waals surface area contributed by atoms with E-state index < -0.39 is 0 Å². The highest BCUT2D eigenvalue weighted by Crippen LogP contribution is 2.31. The normalized spacial score (nSPS) is 14.5. The number of fused-ring (bicyclic) bond motifs is 1. The largest absolute Gasteiger partial charge is 0.485 e. The number of ketones is 1. The number of carbonyl (C=O) groups is 1. The molecule has 56 valence electrons. The van der Waals surface area contributed by atoms with Crippen molar-refractivity contribution in [2.24, 2.45) is 0 Å². The number of benzene rings is 1. The molecule has 0 radical (unpaired) electrons. The summed E-state index contributed by atoms with van der Waals surface area (Å²) in [6, 6.07) is 5.48.